The van der Waals surface area contributed by atoms with Gasteiger partial charge in [-0.2, -0.15) is 4.39 Å². The van der Waals surface area contributed by atoms with Crippen molar-refractivity contribution in [2.45, 2.75) is 13.2 Å². The maximum Gasteiger partial charge on any atom is 0.331 e. The van der Waals surface area contributed by atoms with Crippen molar-refractivity contribution in [3.63, 3.8) is 0 Å². The van der Waals surface area contributed by atoms with Crippen molar-refractivity contribution in [2.24, 2.45) is 0 Å². The van der Waals surface area contributed by atoms with Gasteiger partial charge in [0.2, 0.25) is 12.0 Å². The summed E-state index contributed by atoms with van der Waals surface area (Å²) in [5, 5.41) is 8.86. The fraction of sp³-hybridized carbons (Fsp3) is 0.375. The first-order valence-electron chi connectivity index (χ1n) is 4.24. The molecule has 0 saturated heterocycles. The molecular weight excluding hydrogens is 223 g/mol. The molecule has 0 aliphatic rings. The van der Waals surface area contributed by atoms with Gasteiger partial charge in [0.05, 0.1) is 12.8 Å². The number of ether oxygens (including phenoxy) is 1. The molecule has 1 unspecified atom stereocenters. The number of hydrogen-bond acceptors (Lipinski definition) is 5. The van der Waals surface area contributed by atoms with Gasteiger partial charge in [-0.1, -0.05) is 0 Å². The zero-order valence-electron chi connectivity index (χ0n) is 8.27. The van der Waals surface area contributed by atoms with Crippen LogP contribution in [0.25, 0.3) is 0 Å². The van der Waals surface area contributed by atoms with E-state index in [1.54, 1.807) is 4.98 Å². The Kier molecular flexibility index (Phi) is 3.56. The summed E-state index contributed by atoms with van der Waals surface area (Å²) in [4.78, 5) is 34.2. The van der Waals surface area contributed by atoms with E-state index in [4.69, 9.17) is 5.11 Å². The lowest BCUT2D eigenvalue weighted by molar-refractivity contribution is -0.154. The Labute approximate surface area is 88.1 Å². The predicted molar refractivity (Wildman–Crippen MR) is 49.2 cm³/mol. The van der Waals surface area contributed by atoms with E-state index in [9.17, 15) is 18.8 Å². The number of nitrogens with one attached hydrogen (secondary N) is 1. The normalized spacial score (nSPS) is 12.2. The van der Waals surface area contributed by atoms with Crippen LogP contribution in [-0.2, 0) is 9.53 Å². The number of hydrogen-bond donors (Lipinski definition) is 2. The number of aromatic amines is 1. The largest absolute Gasteiger partial charge is 0.439 e. The number of carbonyl (C=O) groups excluding carboxylic acids is 1. The lowest BCUT2D eigenvalue weighted by atomic mass is 10.5. The maximum absolute atomic E-state index is 12.9. The molecule has 1 aromatic rings. The third-order valence-corrected chi connectivity index (χ3v) is 1.69. The van der Waals surface area contributed by atoms with Gasteiger partial charge in [-0.15, -0.1) is 0 Å². The molecule has 0 aliphatic heterocycles. The number of H-pyrrole nitrogens is 1. The van der Waals surface area contributed by atoms with Crippen LogP contribution in [-0.4, -0.2) is 27.2 Å². The Morgan fingerprint density at radius 3 is 2.81 bits per heavy atom. The van der Waals surface area contributed by atoms with E-state index in [0.29, 0.717) is 10.8 Å². The van der Waals surface area contributed by atoms with Crippen molar-refractivity contribution in [1.82, 2.24) is 9.55 Å². The van der Waals surface area contributed by atoms with E-state index in [1.165, 1.54) is 0 Å². The molecule has 88 valence electrons. The van der Waals surface area contributed by atoms with Gasteiger partial charge in [0.1, 0.15) is 0 Å². The second-order valence-electron chi connectivity index (χ2n) is 2.89. The van der Waals surface area contributed by atoms with Gasteiger partial charge in [-0.25, -0.2) is 4.79 Å². The van der Waals surface area contributed by atoms with Crippen LogP contribution in [0.5, 0.6) is 0 Å². The lowest BCUT2D eigenvalue weighted by Gasteiger charge is -2.16. The average molecular weight is 232 g/mol. The third-order valence-electron chi connectivity index (χ3n) is 1.69. The number of esters is 1. The summed E-state index contributed by atoms with van der Waals surface area (Å²) in [6.07, 6.45) is -0.804. The minimum atomic E-state index is -1.36. The molecule has 1 aromatic heterocycles. The summed E-state index contributed by atoms with van der Waals surface area (Å²) in [6.45, 7) is 0.348. The Hall–Kier alpha value is -1.96. The quantitative estimate of drug-likeness (QED) is 0.633. The zero-order valence-corrected chi connectivity index (χ0v) is 8.27. The second kappa shape index (κ2) is 4.71. The molecule has 2 N–H and O–H groups in total. The van der Waals surface area contributed by atoms with E-state index in [2.05, 4.69) is 4.74 Å². The molecular formula is C8H9FN2O5. The SMILES string of the molecule is CC(=O)OC(CO)n1cc(F)c(=O)[nH]c1=O. The van der Waals surface area contributed by atoms with E-state index in [-0.39, 0.29) is 0 Å². The van der Waals surface area contributed by atoms with Crippen LogP contribution in [0.2, 0.25) is 0 Å². The molecule has 0 fully saturated rings. The summed E-state index contributed by atoms with van der Waals surface area (Å²) in [6, 6.07) is 0. The summed E-state index contributed by atoms with van der Waals surface area (Å²) < 4.78 is 18.0. The Bertz CT molecular complexity index is 506. The van der Waals surface area contributed by atoms with E-state index >= 15 is 0 Å². The molecule has 8 heteroatoms. The van der Waals surface area contributed by atoms with Crippen LogP contribution < -0.4 is 11.2 Å². The number of rotatable bonds is 3. The van der Waals surface area contributed by atoms with E-state index < -0.39 is 35.9 Å². The molecule has 1 rings (SSSR count). The Morgan fingerprint density at radius 1 is 1.69 bits per heavy atom. The van der Waals surface area contributed by atoms with Gasteiger partial charge in [0, 0.05) is 6.92 Å². The van der Waals surface area contributed by atoms with Crippen LogP contribution in [0.4, 0.5) is 4.39 Å². The van der Waals surface area contributed by atoms with Gasteiger partial charge in [0.25, 0.3) is 5.56 Å². The molecule has 7 nitrogen and oxygen atoms in total. The summed E-state index contributed by atoms with van der Waals surface area (Å²) in [5.74, 6) is -1.97. The van der Waals surface area contributed by atoms with Crippen LogP contribution in [0.15, 0.2) is 15.8 Å². The third kappa shape index (κ3) is 2.54. The smallest absolute Gasteiger partial charge is 0.331 e. The molecule has 16 heavy (non-hydrogen) atoms. The van der Waals surface area contributed by atoms with Crippen molar-refractivity contribution in [2.75, 3.05) is 6.61 Å². The highest BCUT2D eigenvalue weighted by Crippen LogP contribution is 2.04. The summed E-state index contributed by atoms with van der Waals surface area (Å²) in [5.41, 5.74) is -2.16. The van der Waals surface area contributed by atoms with Crippen LogP contribution in [0.3, 0.4) is 0 Å². The first-order chi connectivity index (χ1) is 7.45. The first-order valence-corrected chi connectivity index (χ1v) is 4.24. The molecule has 0 saturated carbocycles. The number of carbonyl (C=O) groups is 1. The molecule has 1 heterocycles. The Morgan fingerprint density at radius 2 is 2.31 bits per heavy atom. The van der Waals surface area contributed by atoms with E-state index in [0.717, 1.165) is 6.92 Å². The molecule has 0 radical (unpaired) electrons. The Balaban J connectivity index is 3.20. The number of aliphatic hydroxyl groups is 1. The van der Waals surface area contributed by atoms with Crippen LogP contribution in [0, 0.1) is 5.82 Å². The van der Waals surface area contributed by atoms with Gasteiger partial charge in [0.15, 0.2) is 0 Å². The van der Waals surface area contributed by atoms with Crippen LogP contribution >= 0.6 is 0 Å². The highest BCUT2D eigenvalue weighted by molar-refractivity contribution is 5.66. The van der Waals surface area contributed by atoms with E-state index in [1.807, 2.05) is 0 Å². The molecule has 0 spiro atoms. The molecule has 1 atom stereocenters. The highest BCUT2D eigenvalue weighted by atomic mass is 19.1. The van der Waals surface area contributed by atoms with Gasteiger partial charge in [-0.05, 0) is 0 Å². The maximum atomic E-state index is 12.9. The number of halogens is 1. The van der Waals surface area contributed by atoms with Crippen molar-refractivity contribution in [3.05, 3.63) is 32.9 Å². The molecule has 0 amide bonds. The fourth-order valence-electron chi connectivity index (χ4n) is 1.05. The second-order valence-corrected chi connectivity index (χ2v) is 2.89. The van der Waals surface area contributed by atoms with Crippen molar-refractivity contribution < 1.29 is 19.0 Å². The number of aliphatic hydroxyl groups excluding tert-OH is 1. The van der Waals surface area contributed by atoms with Crippen molar-refractivity contribution >= 4 is 5.97 Å². The minimum Gasteiger partial charge on any atom is -0.439 e. The van der Waals surface area contributed by atoms with Gasteiger partial charge in [-0.3, -0.25) is 19.1 Å². The predicted octanol–water partition coefficient (Wildman–Crippen LogP) is -1.27. The standard InChI is InChI=1S/C8H9FN2O5/c1-4(13)16-6(3-12)11-2-5(9)7(14)10-8(11)15/h2,6,12H,3H2,1H3,(H,10,14,15). The highest BCUT2D eigenvalue weighted by Gasteiger charge is 2.16. The lowest BCUT2D eigenvalue weighted by Crippen LogP contribution is -2.36. The number of aromatic nitrogens is 2. The van der Waals surface area contributed by atoms with Crippen molar-refractivity contribution in [3.8, 4) is 0 Å². The minimum absolute atomic E-state index is 0.561. The monoisotopic (exact) mass is 232 g/mol. The average Bonchev–Trinajstić information content (AvgIpc) is 2.20. The van der Waals surface area contributed by atoms with Crippen molar-refractivity contribution in [1.29, 1.82) is 0 Å². The summed E-state index contributed by atoms with van der Waals surface area (Å²) in [7, 11) is 0. The fourth-order valence-corrected chi connectivity index (χ4v) is 1.05. The topological polar surface area (TPSA) is 101 Å². The van der Waals surface area contributed by atoms with Crippen LogP contribution in [0.1, 0.15) is 13.2 Å². The first kappa shape index (κ1) is 12.1. The zero-order chi connectivity index (χ0) is 12.3. The summed E-state index contributed by atoms with van der Waals surface area (Å²) >= 11 is 0. The molecule has 0 bridgehead atoms. The van der Waals surface area contributed by atoms with Gasteiger partial charge < -0.3 is 9.84 Å². The number of nitrogens with zero attached hydrogens (tertiary/aromatic N) is 1. The molecule has 0 aromatic carbocycles. The molecule has 0 aliphatic carbocycles. The van der Waals surface area contributed by atoms with Gasteiger partial charge >= 0.3 is 11.7 Å².